The van der Waals surface area contributed by atoms with Crippen LogP contribution in [0.2, 0.25) is 0 Å². The number of carbonyl (C=O) groups is 2. The summed E-state index contributed by atoms with van der Waals surface area (Å²) in [6, 6.07) is 5.40. The van der Waals surface area contributed by atoms with Gasteiger partial charge in [-0.05, 0) is 17.4 Å². The molecule has 0 aliphatic carbocycles. The predicted octanol–water partition coefficient (Wildman–Crippen LogP) is 0.764. The summed E-state index contributed by atoms with van der Waals surface area (Å²) in [6.45, 7) is 0.676. The summed E-state index contributed by atoms with van der Waals surface area (Å²) >= 11 is 3.29. The molecule has 5 nitrogen and oxygen atoms in total. The third kappa shape index (κ3) is 3.11. The molecule has 0 saturated carbocycles. The van der Waals surface area contributed by atoms with Crippen LogP contribution in [0.3, 0.4) is 0 Å². The zero-order chi connectivity index (χ0) is 14.9. The average Bonchev–Trinajstić information content (AvgIpc) is 2.37. The molecule has 0 spiro atoms. The minimum absolute atomic E-state index is 0.0828. The molecule has 2 rings (SSSR count). The molecule has 7 heteroatoms. The minimum Gasteiger partial charge on any atom is -0.391 e. The van der Waals surface area contributed by atoms with Crippen molar-refractivity contribution < 1.29 is 19.9 Å². The highest BCUT2D eigenvalue weighted by Gasteiger charge is 2.42. The van der Waals surface area contributed by atoms with Gasteiger partial charge in [0.2, 0.25) is 5.91 Å². The molecular formula is C13H15BBrNO4. The van der Waals surface area contributed by atoms with Crippen LogP contribution in [0, 0.1) is 5.92 Å². The molecular weight excluding hydrogens is 325 g/mol. The first kappa shape index (κ1) is 15.2. The van der Waals surface area contributed by atoms with Gasteiger partial charge in [-0.1, -0.05) is 41.1 Å². The summed E-state index contributed by atoms with van der Waals surface area (Å²) in [5, 5.41) is 20.2. The standard InChI is InChI=1S/C13H15BBrNO4/c1-8-5-11(17)13(19)14(16(20)12(18)6-8)9-3-2-4-10(15)7-9/h2-4,7-8,13,19-20H,5-6H2,1H3. The van der Waals surface area contributed by atoms with Crippen LogP contribution < -0.4 is 5.46 Å². The Balaban J connectivity index is 2.41. The molecule has 1 fully saturated rings. The number of nitrogens with zero attached hydrogens (tertiary/aromatic N) is 1. The van der Waals surface area contributed by atoms with E-state index in [1.165, 1.54) is 0 Å². The molecule has 0 aromatic heterocycles. The zero-order valence-electron chi connectivity index (χ0n) is 11.0. The number of rotatable bonds is 1. The van der Waals surface area contributed by atoms with Crippen molar-refractivity contribution in [3.05, 3.63) is 28.7 Å². The zero-order valence-corrected chi connectivity index (χ0v) is 12.6. The number of amides is 1. The van der Waals surface area contributed by atoms with E-state index in [-0.39, 0.29) is 24.5 Å². The van der Waals surface area contributed by atoms with Gasteiger partial charge in [0.25, 0.3) is 0 Å². The Kier molecular flexibility index (Phi) is 4.62. The van der Waals surface area contributed by atoms with E-state index in [4.69, 9.17) is 0 Å². The van der Waals surface area contributed by atoms with Crippen molar-refractivity contribution >= 4 is 39.9 Å². The monoisotopic (exact) mass is 339 g/mol. The maximum Gasteiger partial charge on any atom is 0.362 e. The van der Waals surface area contributed by atoms with Gasteiger partial charge in [-0.25, -0.2) is 0 Å². The molecule has 0 radical (unpaired) electrons. The lowest BCUT2D eigenvalue weighted by Gasteiger charge is -2.30. The van der Waals surface area contributed by atoms with Gasteiger partial charge in [-0.15, -0.1) is 0 Å². The maximum absolute atomic E-state index is 12.0. The van der Waals surface area contributed by atoms with Crippen LogP contribution in [0.15, 0.2) is 28.7 Å². The number of hydrogen-bond donors (Lipinski definition) is 2. The fourth-order valence-electron chi connectivity index (χ4n) is 2.41. The maximum atomic E-state index is 12.0. The molecule has 1 amide bonds. The van der Waals surface area contributed by atoms with Crippen LogP contribution in [0.25, 0.3) is 0 Å². The number of ketones is 1. The Bertz CT molecular complexity index is 515. The van der Waals surface area contributed by atoms with E-state index in [2.05, 4.69) is 15.9 Å². The normalized spacial score (nSPS) is 24.6. The fourth-order valence-corrected chi connectivity index (χ4v) is 2.82. The number of Topliss-reactive ketones (excluding diaryl/α,β-unsaturated/α-hetero) is 1. The van der Waals surface area contributed by atoms with Crippen molar-refractivity contribution in [2.45, 2.75) is 25.8 Å². The van der Waals surface area contributed by atoms with E-state index < -0.39 is 18.8 Å². The van der Waals surface area contributed by atoms with Crippen molar-refractivity contribution in [3.63, 3.8) is 0 Å². The first-order chi connectivity index (χ1) is 9.40. The van der Waals surface area contributed by atoms with E-state index >= 15 is 0 Å². The second kappa shape index (κ2) is 6.07. The number of benzene rings is 1. The summed E-state index contributed by atoms with van der Waals surface area (Å²) in [6.07, 6.45) is 0.213. The molecule has 0 bridgehead atoms. The van der Waals surface area contributed by atoms with Gasteiger partial charge in [0, 0.05) is 17.3 Å². The summed E-state index contributed by atoms with van der Waals surface area (Å²) in [5.74, 6) is -1.05. The molecule has 2 N–H and O–H groups in total. The largest absolute Gasteiger partial charge is 0.391 e. The fraction of sp³-hybridized carbons (Fsp3) is 0.385. The number of hydroxylamine groups is 1. The van der Waals surface area contributed by atoms with Gasteiger partial charge < -0.3 is 5.11 Å². The van der Waals surface area contributed by atoms with E-state index in [0.29, 0.717) is 10.4 Å². The number of hydrogen-bond acceptors (Lipinski definition) is 4. The van der Waals surface area contributed by atoms with Crippen LogP contribution in [0.5, 0.6) is 0 Å². The van der Waals surface area contributed by atoms with Crippen molar-refractivity contribution in [1.29, 1.82) is 0 Å². The Morgan fingerprint density at radius 1 is 1.35 bits per heavy atom. The molecule has 1 heterocycles. The smallest absolute Gasteiger partial charge is 0.362 e. The first-order valence-electron chi connectivity index (χ1n) is 6.37. The second-order valence-corrected chi connectivity index (χ2v) is 6.08. The topological polar surface area (TPSA) is 77.8 Å². The van der Waals surface area contributed by atoms with Crippen LogP contribution in [-0.4, -0.2) is 39.8 Å². The summed E-state index contributed by atoms with van der Waals surface area (Å²) in [7, 11) is 0. The molecule has 2 unspecified atom stereocenters. The molecule has 1 aliphatic rings. The predicted molar refractivity (Wildman–Crippen MR) is 77.6 cm³/mol. The summed E-state index contributed by atoms with van der Waals surface area (Å²) in [4.78, 5) is 24.4. The van der Waals surface area contributed by atoms with E-state index in [0.717, 1.165) is 4.47 Å². The molecule has 1 aromatic rings. The highest BCUT2D eigenvalue weighted by atomic mass is 79.9. The van der Waals surface area contributed by atoms with Crippen LogP contribution in [0.1, 0.15) is 19.8 Å². The lowest BCUT2D eigenvalue weighted by atomic mass is 9.48. The van der Waals surface area contributed by atoms with Crippen molar-refractivity contribution in [3.8, 4) is 0 Å². The summed E-state index contributed by atoms with van der Waals surface area (Å²) in [5.41, 5.74) is 0.505. The summed E-state index contributed by atoms with van der Waals surface area (Å²) < 4.78 is 0.742. The van der Waals surface area contributed by atoms with Gasteiger partial charge in [0.15, 0.2) is 5.78 Å². The second-order valence-electron chi connectivity index (χ2n) is 5.16. The number of aliphatic hydroxyl groups is 1. The number of carbonyl (C=O) groups excluding carboxylic acids is 2. The van der Waals surface area contributed by atoms with Crippen molar-refractivity contribution in [2.75, 3.05) is 0 Å². The van der Waals surface area contributed by atoms with Gasteiger partial charge in [0.05, 0.1) is 0 Å². The highest BCUT2D eigenvalue weighted by Crippen LogP contribution is 2.18. The Hall–Kier alpha value is -1.18. The molecule has 1 saturated heterocycles. The minimum atomic E-state index is -1.43. The first-order valence-corrected chi connectivity index (χ1v) is 7.16. The van der Waals surface area contributed by atoms with E-state index in [1.807, 2.05) is 0 Å². The quantitative estimate of drug-likeness (QED) is 0.585. The van der Waals surface area contributed by atoms with Crippen molar-refractivity contribution in [1.82, 2.24) is 4.97 Å². The SMILES string of the molecule is CC1CC(=O)C(O)B(c2cccc(Br)c2)N(O)C(=O)C1. The van der Waals surface area contributed by atoms with Crippen LogP contribution in [0.4, 0.5) is 0 Å². The van der Waals surface area contributed by atoms with Gasteiger partial charge in [-0.2, -0.15) is 0 Å². The lowest BCUT2D eigenvalue weighted by molar-refractivity contribution is -0.151. The number of halogens is 1. The highest BCUT2D eigenvalue weighted by molar-refractivity contribution is 9.10. The molecule has 1 aromatic carbocycles. The van der Waals surface area contributed by atoms with Gasteiger partial charge in [-0.3, -0.25) is 19.8 Å². The van der Waals surface area contributed by atoms with E-state index in [1.54, 1.807) is 31.2 Å². The van der Waals surface area contributed by atoms with Gasteiger partial charge >= 0.3 is 6.85 Å². The molecule has 1 aliphatic heterocycles. The average molecular weight is 340 g/mol. The Labute approximate surface area is 125 Å². The van der Waals surface area contributed by atoms with Crippen LogP contribution >= 0.6 is 15.9 Å². The third-order valence-electron chi connectivity index (χ3n) is 3.41. The third-order valence-corrected chi connectivity index (χ3v) is 3.90. The Morgan fingerprint density at radius 2 is 2.05 bits per heavy atom. The van der Waals surface area contributed by atoms with Gasteiger partial charge in [0.1, 0.15) is 6.00 Å². The van der Waals surface area contributed by atoms with E-state index in [9.17, 15) is 19.9 Å². The molecule has 20 heavy (non-hydrogen) atoms. The molecule has 106 valence electrons. The Morgan fingerprint density at radius 3 is 2.70 bits per heavy atom. The van der Waals surface area contributed by atoms with Crippen molar-refractivity contribution in [2.24, 2.45) is 5.92 Å². The lowest BCUT2D eigenvalue weighted by Crippen LogP contribution is -2.60. The molecule has 2 atom stereocenters. The number of aliphatic hydroxyl groups excluding tert-OH is 1. The van der Waals surface area contributed by atoms with Crippen LogP contribution in [-0.2, 0) is 9.59 Å².